The summed E-state index contributed by atoms with van der Waals surface area (Å²) in [6.07, 6.45) is 1.57. The van der Waals surface area contributed by atoms with E-state index in [1.807, 2.05) is 0 Å². The fourth-order valence-corrected chi connectivity index (χ4v) is 1.77. The number of hydrogen-bond donors (Lipinski definition) is 0. The second-order valence-electron chi connectivity index (χ2n) is 3.47. The van der Waals surface area contributed by atoms with Crippen LogP contribution in [0.3, 0.4) is 0 Å². The fraction of sp³-hybridized carbons (Fsp3) is 0. The second-order valence-corrected chi connectivity index (χ2v) is 3.47. The SMILES string of the molecule is [2H]c1c([2H])c([2H])c(C2=Cc3ccccc3C2=O)c([2H])c1[2H]. The molecule has 0 bridgehead atoms. The van der Waals surface area contributed by atoms with E-state index < -0.39 is 18.1 Å². The molecule has 76 valence electrons. The number of hydrogen-bond acceptors (Lipinski definition) is 1. The number of fused-ring (bicyclic) bond motifs is 1. The standard InChI is InChI=1S/C15H10O/c16-15-13-9-5-4-8-12(13)10-14(15)11-6-2-1-3-7-11/h1-10H/i1D,2D,3D,6D,7D. The van der Waals surface area contributed by atoms with Gasteiger partial charge in [-0.1, -0.05) is 54.5 Å². The van der Waals surface area contributed by atoms with E-state index in [-0.39, 0.29) is 29.0 Å². The Morgan fingerprint density at radius 3 is 2.50 bits per heavy atom. The average Bonchev–Trinajstić information content (AvgIpc) is 2.81. The lowest BCUT2D eigenvalue weighted by Gasteiger charge is -2.00. The van der Waals surface area contributed by atoms with Gasteiger partial charge >= 0.3 is 0 Å². The number of carbonyl (C=O) groups excluding carboxylic acids is 1. The summed E-state index contributed by atoms with van der Waals surface area (Å²) < 4.78 is 38.8. The molecule has 0 N–H and O–H groups in total. The molecule has 0 spiro atoms. The van der Waals surface area contributed by atoms with Crippen molar-refractivity contribution in [2.45, 2.75) is 0 Å². The van der Waals surface area contributed by atoms with E-state index in [1.54, 1.807) is 30.3 Å². The van der Waals surface area contributed by atoms with Crippen molar-refractivity contribution in [2.24, 2.45) is 0 Å². The van der Waals surface area contributed by atoms with Gasteiger partial charge in [0.1, 0.15) is 0 Å². The third-order valence-electron chi connectivity index (χ3n) is 2.52. The first-order valence-electron chi connectivity index (χ1n) is 7.36. The van der Waals surface area contributed by atoms with Crippen molar-refractivity contribution < 1.29 is 11.6 Å². The molecule has 1 aliphatic carbocycles. The first-order valence-corrected chi connectivity index (χ1v) is 4.86. The Morgan fingerprint density at radius 1 is 1.00 bits per heavy atom. The van der Waals surface area contributed by atoms with Crippen LogP contribution in [-0.2, 0) is 0 Å². The van der Waals surface area contributed by atoms with E-state index in [0.717, 1.165) is 0 Å². The molecule has 0 saturated carbocycles. The van der Waals surface area contributed by atoms with Crippen LogP contribution in [0.4, 0.5) is 0 Å². The van der Waals surface area contributed by atoms with Crippen molar-refractivity contribution in [3.63, 3.8) is 0 Å². The van der Waals surface area contributed by atoms with E-state index in [9.17, 15) is 4.79 Å². The van der Waals surface area contributed by atoms with Gasteiger partial charge in [-0.3, -0.25) is 4.79 Å². The highest BCUT2D eigenvalue weighted by Gasteiger charge is 2.22. The van der Waals surface area contributed by atoms with Crippen molar-refractivity contribution in [1.82, 2.24) is 0 Å². The summed E-state index contributed by atoms with van der Waals surface area (Å²) in [5, 5.41) is 0. The molecule has 16 heavy (non-hydrogen) atoms. The molecule has 0 unspecified atom stereocenters. The predicted molar refractivity (Wildman–Crippen MR) is 65.1 cm³/mol. The second kappa shape index (κ2) is 3.46. The number of carbonyl (C=O) groups is 1. The number of ketones is 1. The van der Waals surface area contributed by atoms with Crippen LogP contribution in [0.2, 0.25) is 0 Å². The summed E-state index contributed by atoms with van der Waals surface area (Å²) in [4.78, 5) is 12.4. The number of allylic oxidation sites excluding steroid dienone is 1. The number of benzene rings is 2. The molecule has 1 heteroatoms. The molecule has 1 aliphatic rings. The van der Waals surface area contributed by atoms with Crippen LogP contribution >= 0.6 is 0 Å². The van der Waals surface area contributed by atoms with Gasteiger partial charge in [-0.15, -0.1) is 0 Å². The molecule has 2 aromatic carbocycles. The maximum Gasteiger partial charge on any atom is 0.194 e. The van der Waals surface area contributed by atoms with Crippen LogP contribution in [0, 0.1) is 0 Å². The van der Waals surface area contributed by atoms with E-state index in [4.69, 9.17) is 6.85 Å². The summed E-state index contributed by atoms with van der Waals surface area (Å²) in [6, 6.07) is 4.90. The highest BCUT2D eigenvalue weighted by Crippen LogP contribution is 2.30. The van der Waals surface area contributed by atoms with Gasteiger partial charge in [0.05, 0.1) is 6.85 Å². The normalized spacial score (nSPS) is 17.9. The van der Waals surface area contributed by atoms with Crippen molar-refractivity contribution in [3.8, 4) is 0 Å². The average molecular weight is 211 g/mol. The summed E-state index contributed by atoms with van der Waals surface area (Å²) in [6.45, 7) is 0. The summed E-state index contributed by atoms with van der Waals surface area (Å²) in [5.74, 6) is -0.316. The first kappa shape index (κ1) is 5.26. The maximum absolute atomic E-state index is 12.4. The van der Waals surface area contributed by atoms with Crippen LogP contribution in [0.15, 0.2) is 54.5 Å². The predicted octanol–water partition coefficient (Wildman–Crippen LogP) is 3.42. The molecule has 0 heterocycles. The molecule has 0 aliphatic heterocycles. The van der Waals surface area contributed by atoms with E-state index in [2.05, 4.69) is 0 Å². The Hall–Kier alpha value is -2.15. The molecule has 2 aromatic rings. The Balaban J connectivity index is 2.28. The molecule has 0 amide bonds. The van der Waals surface area contributed by atoms with Gasteiger partial charge < -0.3 is 0 Å². The summed E-state index contributed by atoms with van der Waals surface area (Å²) >= 11 is 0. The quantitative estimate of drug-likeness (QED) is 0.706. The number of Topliss-reactive ketones (excluding diaryl/α,β-unsaturated/α-hetero) is 1. The van der Waals surface area contributed by atoms with Crippen LogP contribution in [0.25, 0.3) is 11.6 Å². The van der Waals surface area contributed by atoms with Crippen LogP contribution in [0.5, 0.6) is 0 Å². The molecule has 3 rings (SSSR count). The van der Waals surface area contributed by atoms with Gasteiger partial charge in [0.15, 0.2) is 5.78 Å². The van der Waals surface area contributed by atoms with Crippen LogP contribution < -0.4 is 0 Å². The van der Waals surface area contributed by atoms with Crippen LogP contribution in [-0.4, -0.2) is 5.78 Å². The minimum Gasteiger partial charge on any atom is -0.289 e. The van der Waals surface area contributed by atoms with Crippen molar-refractivity contribution >= 4 is 17.4 Å². The lowest BCUT2D eigenvalue weighted by Crippen LogP contribution is -1.97. The number of rotatable bonds is 1. The molecule has 0 aromatic heterocycles. The van der Waals surface area contributed by atoms with Crippen molar-refractivity contribution in [1.29, 1.82) is 0 Å². The zero-order valence-electron chi connectivity index (χ0n) is 13.3. The summed E-state index contributed by atoms with van der Waals surface area (Å²) in [7, 11) is 0. The molecule has 0 saturated heterocycles. The van der Waals surface area contributed by atoms with Crippen molar-refractivity contribution in [3.05, 3.63) is 71.2 Å². The molecule has 0 atom stereocenters. The van der Waals surface area contributed by atoms with Gasteiger partial charge in [0.2, 0.25) is 0 Å². The Labute approximate surface area is 101 Å². The molecule has 0 fully saturated rings. The Bertz CT molecular complexity index is 794. The highest BCUT2D eigenvalue weighted by atomic mass is 16.1. The maximum atomic E-state index is 12.4. The van der Waals surface area contributed by atoms with Gasteiger partial charge in [-0.2, -0.15) is 0 Å². The van der Waals surface area contributed by atoms with Crippen LogP contribution in [0.1, 0.15) is 28.3 Å². The minimum absolute atomic E-state index is 0.0396. The largest absolute Gasteiger partial charge is 0.289 e. The molecule has 0 radical (unpaired) electrons. The Morgan fingerprint density at radius 2 is 1.75 bits per heavy atom. The molecular formula is C15H10O. The topological polar surface area (TPSA) is 17.1 Å². The lowest BCUT2D eigenvalue weighted by atomic mass is 10.0. The zero-order valence-corrected chi connectivity index (χ0v) is 8.29. The molecule has 1 nitrogen and oxygen atoms in total. The lowest BCUT2D eigenvalue weighted by molar-refractivity contribution is 0.105. The minimum atomic E-state index is -0.461. The third-order valence-corrected chi connectivity index (χ3v) is 2.52. The first-order chi connectivity index (χ1) is 9.93. The summed E-state index contributed by atoms with van der Waals surface area (Å²) in [5.41, 5.74) is 1.29. The Kier molecular flexibility index (Phi) is 1.14. The van der Waals surface area contributed by atoms with Gasteiger partial charge in [0.25, 0.3) is 0 Å². The van der Waals surface area contributed by atoms with E-state index >= 15 is 0 Å². The van der Waals surface area contributed by atoms with Crippen molar-refractivity contribution in [2.75, 3.05) is 0 Å². The third kappa shape index (κ3) is 1.29. The monoisotopic (exact) mass is 211 g/mol. The molecular weight excluding hydrogens is 196 g/mol. The van der Waals surface area contributed by atoms with E-state index in [1.165, 1.54) is 0 Å². The van der Waals surface area contributed by atoms with E-state index in [0.29, 0.717) is 11.1 Å². The van der Waals surface area contributed by atoms with Gasteiger partial charge in [0, 0.05) is 11.1 Å². The smallest absolute Gasteiger partial charge is 0.194 e. The zero-order chi connectivity index (χ0) is 15.3. The van der Waals surface area contributed by atoms with Gasteiger partial charge in [-0.25, -0.2) is 0 Å². The fourth-order valence-electron chi connectivity index (χ4n) is 1.77. The highest BCUT2D eigenvalue weighted by molar-refractivity contribution is 6.37. The van der Waals surface area contributed by atoms with Gasteiger partial charge in [-0.05, 0) is 17.2 Å².